The summed E-state index contributed by atoms with van der Waals surface area (Å²) in [5, 5.41) is 3.62. The molecule has 1 aromatic heterocycles. The Morgan fingerprint density at radius 3 is 2.73 bits per heavy atom. The van der Waals surface area contributed by atoms with Crippen molar-refractivity contribution >= 4 is 17.4 Å². The molecule has 0 aliphatic heterocycles. The topological polar surface area (TPSA) is 37.8 Å². The van der Waals surface area contributed by atoms with Crippen molar-refractivity contribution in [2.45, 2.75) is 26.7 Å². The average Bonchev–Trinajstić information content (AvgIpc) is 2.13. The van der Waals surface area contributed by atoms with E-state index in [0.29, 0.717) is 11.7 Å². The third kappa shape index (κ3) is 3.88. The summed E-state index contributed by atoms with van der Waals surface area (Å²) < 4.78 is 0. The highest BCUT2D eigenvalue weighted by Crippen LogP contribution is 2.16. The second kappa shape index (κ2) is 5.12. The molecule has 4 heteroatoms. The highest BCUT2D eigenvalue weighted by atomic mass is 35.5. The fraction of sp³-hybridized carbons (Fsp3) is 0.455. The van der Waals surface area contributed by atoms with Crippen molar-refractivity contribution in [1.82, 2.24) is 9.97 Å². The lowest BCUT2D eigenvalue weighted by Crippen LogP contribution is -2.07. The maximum absolute atomic E-state index is 5.90. The van der Waals surface area contributed by atoms with E-state index in [1.807, 2.05) is 20.8 Å². The number of nitrogens with one attached hydrogen (secondary N) is 1. The van der Waals surface area contributed by atoms with Gasteiger partial charge >= 0.3 is 0 Å². The molecular formula is C11H16ClN3. The zero-order valence-electron chi connectivity index (χ0n) is 9.34. The quantitative estimate of drug-likeness (QED) is 0.632. The van der Waals surface area contributed by atoms with Gasteiger partial charge in [-0.05, 0) is 6.92 Å². The monoisotopic (exact) mass is 225 g/mol. The van der Waals surface area contributed by atoms with Gasteiger partial charge in [-0.15, -0.1) is 0 Å². The molecule has 1 rings (SSSR count). The lowest BCUT2D eigenvalue weighted by molar-refractivity contribution is 0.775. The first-order valence-corrected chi connectivity index (χ1v) is 5.29. The van der Waals surface area contributed by atoms with E-state index in [9.17, 15) is 0 Å². The molecule has 0 aromatic carbocycles. The molecule has 82 valence electrons. The molecule has 1 N–H and O–H groups in total. The summed E-state index contributed by atoms with van der Waals surface area (Å²) in [5.74, 6) is 1.78. The van der Waals surface area contributed by atoms with Gasteiger partial charge in [0.2, 0.25) is 0 Å². The summed E-state index contributed by atoms with van der Waals surface area (Å²) in [5.41, 5.74) is 1.05. The third-order valence-corrected chi connectivity index (χ3v) is 1.99. The van der Waals surface area contributed by atoms with Crippen molar-refractivity contribution in [3.8, 4) is 0 Å². The predicted octanol–water partition coefficient (Wildman–Crippen LogP) is 3.24. The fourth-order valence-electron chi connectivity index (χ4n) is 1.03. The second-order valence-corrected chi connectivity index (χ2v) is 4.29. The van der Waals surface area contributed by atoms with Crippen LogP contribution in [0.3, 0.4) is 0 Å². The van der Waals surface area contributed by atoms with Gasteiger partial charge in [0.15, 0.2) is 0 Å². The summed E-state index contributed by atoms with van der Waals surface area (Å²) in [7, 11) is 0. The van der Waals surface area contributed by atoms with E-state index >= 15 is 0 Å². The van der Waals surface area contributed by atoms with Crippen LogP contribution in [-0.4, -0.2) is 16.5 Å². The smallest absolute Gasteiger partial charge is 0.135 e. The minimum absolute atomic E-state index is 0.272. The molecule has 0 amide bonds. The molecule has 0 unspecified atom stereocenters. The predicted molar refractivity (Wildman–Crippen MR) is 64.4 cm³/mol. The van der Waals surface area contributed by atoms with Gasteiger partial charge in [-0.3, -0.25) is 0 Å². The van der Waals surface area contributed by atoms with Crippen LogP contribution in [0.5, 0.6) is 0 Å². The van der Waals surface area contributed by atoms with E-state index in [0.717, 1.165) is 17.2 Å². The van der Waals surface area contributed by atoms with Crippen LogP contribution in [0, 0.1) is 0 Å². The van der Waals surface area contributed by atoms with Gasteiger partial charge in [0.25, 0.3) is 0 Å². The average molecular weight is 226 g/mol. The summed E-state index contributed by atoms with van der Waals surface area (Å²) >= 11 is 5.90. The number of aromatic nitrogens is 2. The highest BCUT2D eigenvalue weighted by molar-refractivity contribution is 6.29. The van der Waals surface area contributed by atoms with Crippen molar-refractivity contribution in [3.63, 3.8) is 0 Å². The Bertz CT molecular complexity index is 361. The SMILES string of the molecule is C=C(C)CNc1cc(Cl)nc(C(C)C)n1. The van der Waals surface area contributed by atoms with E-state index in [-0.39, 0.29) is 5.92 Å². The van der Waals surface area contributed by atoms with E-state index in [4.69, 9.17) is 11.6 Å². The molecule has 15 heavy (non-hydrogen) atoms. The van der Waals surface area contributed by atoms with Crippen LogP contribution in [0.15, 0.2) is 18.2 Å². The molecule has 0 saturated carbocycles. The maximum atomic E-state index is 5.90. The Morgan fingerprint density at radius 1 is 1.53 bits per heavy atom. The summed E-state index contributed by atoms with van der Waals surface area (Å²) in [4.78, 5) is 8.51. The summed E-state index contributed by atoms with van der Waals surface area (Å²) in [6.07, 6.45) is 0. The summed E-state index contributed by atoms with van der Waals surface area (Å²) in [6, 6.07) is 1.72. The van der Waals surface area contributed by atoms with Gasteiger partial charge < -0.3 is 5.32 Å². The molecule has 0 bridgehead atoms. The van der Waals surface area contributed by atoms with E-state index < -0.39 is 0 Å². The van der Waals surface area contributed by atoms with Gasteiger partial charge in [0.05, 0.1) is 0 Å². The lowest BCUT2D eigenvalue weighted by Gasteiger charge is -2.09. The molecular weight excluding hydrogens is 210 g/mol. The zero-order valence-corrected chi connectivity index (χ0v) is 10.1. The van der Waals surface area contributed by atoms with Crippen LogP contribution in [0.2, 0.25) is 5.15 Å². The van der Waals surface area contributed by atoms with Crippen molar-refractivity contribution in [3.05, 3.63) is 29.2 Å². The highest BCUT2D eigenvalue weighted by Gasteiger charge is 2.06. The van der Waals surface area contributed by atoms with Gasteiger partial charge in [-0.1, -0.05) is 37.6 Å². The molecule has 0 atom stereocenters. The van der Waals surface area contributed by atoms with E-state index in [1.54, 1.807) is 6.07 Å². The Balaban J connectivity index is 2.84. The molecule has 0 spiro atoms. The lowest BCUT2D eigenvalue weighted by atomic mass is 10.2. The van der Waals surface area contributed by atoms with E-state index in [2.05, 4.69) is 21.9 Å². The summed E-state index contributed by atoms with van der Waals surface area (Å²) in [6.45, 7) is 10.5. The van der Waals surface area contributed by atoms with Crippen molar-refractivity contribution < 1.29 is 0 Å². The fourth-order valence-corrected chi connectivity index (χ4v) is 1.22. The molecule has 0 fully saturated rings. The second-order valence-electron chi connectivity index (χ2n) is 3.90. The minimum atomic E-state index is 0.272. The van der Waals surface area contributed by atoms with Crippen molar-refractivity contribution in [2.75, 3.05) is 11.9 Å². The van der Waals surface area contributed by atoms with Crippen LogP contribution < -0.4 is 5.32 Å². The Kier molecular flexibility index (Phi) is 4.09. The Morgan fingerprint density at radius 2 is 2.20 bits per heavy atom. The minimum Gasteiger partial charge on any atom is -0.366 e. The number of halogens is 1. The Labute approximate surface area is 95.6 Å². The van der Waals surface area contributed by atoms with Crippen LogP contribution in [0.1, 0.15) is 32.5 Å². The molecule has 1 heterocycles. The number of rotatable bonds is 4. The van der Waals surface area contributed by atoms with Gasteiger partial charge in [0.1, 0.15) is 16.8 Å². The van der Waals surface area contributed by atoms with Crippen LogP contribution >= 0.6 is 11.6 Å². The zero-order chi connectivity index (χ0) is 11.4. The van der Waals surface area contributed by atoms with Gasteiger partial charge in [-0.25, -0.2) is 9.97 Å². The molecule has 0 radical (unpaired) electrons. The first-order valence-electron chi connectivity index (χ1n) is 4.91. The maximum Gasteiger partial charge on any atom is 0.135 e. The molecule has 1 aromatic rings. The largest absolute Gasteiger partial charge is 0.366 e. The standard InChI is InChI=1S/C11H16ClN3/c1-7(2)6-13-10-5-9(12)14-11(15-10)8(3)4/h5,8H,1,6H2,2-4H3,(H,13,14,15). The third-order valence-electron chi connectivity index (χ3n) is 1.80. The normalized spacial score (nSPS) is 10.5. The first kappa shape index (κ1) is 12.0. The molecule has 3 nitrogen and oxygen atoms in total. The molecule has 0 saturated heterocycles. The van der Waals surface area contributed by atoms with Gasteiger partial charge in [-0.2, -0.15) is 0 Å². The number of hydrogen-bond donors (Lipinski definition) is 1. The number of nitrogens with zero attached hydrogens (tertiary/aromatic N) is 2. The number of anilines is 1. The van der Waals surface area contributed by atoms with Crippen molar-refractivity contribution in [1.29, 1.82) is 0 Å². The first-order chi connectivity index (χ1) is 6.99. The van der Waals surface area contributed by atoms with Crippen LogP contribution in [0.25, 0.3) is 0 Å². The van der Waals surface area contributed by atoms with Crippen LogP contribution in [0.4, 0.5) is 5.82 Å². The number of hydrogen-bond acceptors (Lipinski definition) is 3. The Hall–Kier alpha value is -1.09. The molecule has 0 aliphatic rings. The van der Waals surface area contributed by atoms with Crippen molar-refractivity contribution in [2.24, 2.45) is 0 Å². The molecule has 0 aliphatic carbocycles. The van der Waals surface area contributed by atoms with Gasteiger partial charge in [0, 0.05) is 18.5 Å². The van der Waals surface area contributed by atoms with E-state index in [1.165, 1.54) is 0 Å². The van der Waals surface area contributed by atoms with Crippen LogP contribution in [-0.2, 0) is 0 Å².